The van der Waals surface area contributed by atoms with E-state index in [2.05, 4.69) is 26.8 Å². The van der Waals surface area contributed by atoms with E-state index in [0.717, 1.165) is 24.8 Å². The van der Waals surface area contributed by atoms with E-state index in [1.165, 1.54) is 0 Å². The van der Waals surface area contributed by atoms with Crippen LogP contribution >= 0.6 is 0 Å². The van der Waals surface area contributed by atoms with E-state index in [1.54, 1.807) is 4.90 Å². The Bertz CT molecular complexity index is 553. The maximum atomic E-state index is 12.8. The van der Waals surface area contributed by atoms with Gasteiger partial charge < -0.3 is 14.6 Å². The molecular formula is C21H37NO4. The van der Waals surface area contributed by atoms with E-state index in [1.807, 2.05) is 34.6 Å². The zero-order chi connectivity index (χ0) is 19.9. The number of aliphatic hydroxyl groups is 1. The zero-order valence-electron chi connectivity index (χ0n) is 17.8. The highest BCUT2D eigenvalue weighted by atomic mass is 16.6. The van der Waals surface area contributed by atoms with Crippen molar-refractivity contribution in [3.8, 4) is 0 Å². The molecule has 0 spiro atoms. The second-order valence-corrected chi connectivity index (χ2v) is 10.2. The molecular weight excluding hydrogens is 330 g/mol. The van der Waals surface area contributed by atoms with E-state index in [9.17, 15) is 9.90 Å². The first-order valence-corrected chi connectivity index (χ1v) is 9.75. The minimum atomic E-state index is -0.794. The van der Waals surface area contributed by atoms with Crippen molar-refractivity contribution in [2.24, 2.45) is 11.3 Å². The number of amides is 1. The summed E-state index contributed by atoms with van der Waals surface area (Å²) < 4.78 is 11.4. The molecule has 2 rings (SSSR count). The van der Waals surface area contributed by atoms with Crippen LogP contribution in [0.2, 0.25) is 0 Å². The van der Waals surface area contributed by atoms with Gasteiger partial charge in [-0.1, -0.05) is 26.8 Å². The van der Waals surface area contributed by atoms with Gasteiger partial charge in [0.15, 0.2) is 0 Å². The lowest BCUT2D eigenvalue weighted by Crippen LogP contribution is -2.53. The van der Waals surface area contributed by atoms with Crippen LogP contribution in [0.5, 0.6) is 0 Å². The Labute approximate surface area is 158 Å². The van der Waals surface area contributed by atoms with Crippen molar-refractivity contribution in [3.05, 3.63) is 11.6 Å². The molecule has 5 heteroatoms. The molecule has 5 nitrogen and oxygen atoms in total. The Morgan fingerprint density at radius 1 is 1.31 bits per heavy atom. The van der Waals surface area contributed by atoms with Crippen LogP contribution in [0.4, 0.5) is 4.79 Å². The predicted octanol–water partition coefficient (Wildman–Crippen LogP) is 4.49. The van der Waals surface area contributed by atoms with Gasteiger partial charge in [0, 0.05) is 0 Å². The summed E-state index contributed by atoms with van der Waals surface area (Å²) in [4.78, 5) is 14.3. The molecule has 26 heavy (non-hydrogen) atoms. The molecule has 1 fully saturated rings. The minimum Gasteiger partial charge on any atom is -0.444 e. The molecule has 0 bridgehead atoms. The molecule has 0 radical (unpaired) electrons. The molecule has 1 N–H and O–H groups in total. The molecule has 0 aromatic carbocycles. The molecule has 2 aliphatic rings. The summed E-state index contributed by atoms with van der Waals surface area (Å²) in [6, 6.07) is -0.419. The van der Waals surface area contributed by atoms with E-state index in [-0.39, 0.29) is 5.41 Å². The Kier molecular flexibility index (Phi) is 5.84. The fourth-order valence-corrected chi connectivity index (χ4v) is 3.89. The van der Waals surface area contributed by atoms with Gasteiger partial charge in [0.2, 0.25) is 0 Å². The maximum absolute atomic E-state index is 12.8. The number of hydrogen-bond acceptors (Lipinski definition) is 4. The van der Waals surface area contributed by atoms with Gasteiger partial charge in [0.25, 0.3) is 0 Å². The smallest absolute Gasteiger partial charge is 0.413 e. The number of aliphatic hydroxyl groups excluding tert-OH is 1. The van der Waals surface area contributed by atoms with Crippen molar-refractivity contribution in [3.63, 3.8) is 0 Å². The normalized spacial score (nSPS) is 27.9. The lowest BCUT2D eigenvalue weighted by Gasteiger charge is -2.38. The number of hydrogen-bond donors (Lipinski definition) is 1. The molecule has 150 valence electrons. The second kappa shape index (κ2) is 7.16. The maximum Gasteiger partial charge on any atom is 0.413 e. The van der Waals surface area contributed by atoms with Crippen LogP contribution in [-0.2, 0) is 9.47 Å². The van der Waals surface area contributed by atoms with Gasteiger partial charge in [-0.3, -0.25) is 4.90 Å². The van der Waals surface area contributed by atoms with Gasteiger partial charge in [-0.15, -0.1) is 0 Å². The topological polar surface area (TPSA) is 59.0 Å². The molecule has 0 saturated carbocycles. The summed E-state index contributed by atoms with van der Waals surface area (Å²) in [7, 11) is 0. The Morgan fingerprint density at radius 2 is 1.92 bits per heavy atom. The fourth-order valence-electron chi connectivity index (χ4n) is 3.89. The van der Waals surface area contributed by atoms with Crippen molar-refractivity contribution < 1.29 is 19.4 Å². The Balaban J connectivity index is 2.15. The summed E-state index contributed by atoms with van der Waals surface area (Å²) in [5.74, 6) is 0.622. The molecule has 0 aromatic rings. The quantitative estimate of drug-likeness (QED) is 0.731. The molecule has 1 aliphatic heterocycles. The highest BCUT2D eigenvalue weighted by Crippen LogP contribution is 2.40. The van der Waals surface area contributed by atoms with Gasteiger partial charge in [0.05, 0.1) is 18.8 Å². The molecule has 0 aromatic heterocycles. The van der Waals surface area contributed by atoms with Crippen LogP contribution in [0.25, 0.3) is 0 Å². The minimum absolute atomic E-state index is 0.272. The first-order chi connectivity index (χ1) is 11.7. The second-order valence-electron chi connectivity index (χ2n) is 10.2. The van der Waals surface area contributed by atoms with Crippen LogP contribution < -0.4 is 0 Å². The summed E-state index contributed by atoms with van der Waals surface area (Å²) in [6.45, 7) is 16.3. The highest BCUT2D eigenvalue weighted by molar-refractivity contribution is 5.70. The van der Waals surface area contributed by atoms with Gasteiger partial charge in [0.1, 0.15) is 11.3 Å². The first kappa shape index (κ1) is 21.2. The Morgan fingerprint density at radius 3 is 2.38 bits per heavy atom. The standard InChI is InChI=1S/C21H37NO4/c1-19(2,3)15-11-9-14(10-12-15)17(23)16-13-25-21(7,8)22(16)18(24)26-20(4,5)6/h9,15-17,23H,10-13H2,1-8H3/t15?,16-,17+/m0/s1. The van der Waals surface area contributed by atoms with Crippen molar-refractivity contribution in [1.82, 2.24) is 4.90 Å². The lowest BCUT2D eigenvalue weighted by molar-refractivity contribution is -0.0665. The first-order valence-electron chi connectivity index (χ1n) is 9.75. The molecule has 1 amide bonds. The van der Waals surface area contributed by atoms with Crippen molar-refractivity contribution in [2.45, 2.75) is 98.1 Å². The number of nitrogens with zero attached hydrogens (tertiary/aromatic N) is 1. The Hall–Kier alpha value is -1.07. The van der Waals surface area contributed by atoms with Gasteiger partial charge >= 0.3 is 6.09 Å². The van der Waals surface area contributed by atoms with Gasteiger partial charge in [-0.25, -0.2) is 4.79 Å². The predicted molar refractivity (Wildman–Crippen MR) is 103 cm³/mol. The SMILES string of the molecule is CC(C)(C)OC(=O)N1[C@H]([C@H](O)C2=CCC(C(C)(C)C)CC2)COC1(C)C. The summed E-state index contributed by atoms with van der Waals surface area (Å²) in [5, 5.41) is 11.0. The monoisotopic (exact) mass is 367 g/mol. The van der Waals surface area contributed by atoms with E-state index < -0.39 is 29.6 Å². The third kappa shape index (κ3) is 4.80. The summed E-state index contributed by atoms with van der Waals surface area (Å²) in [6.07, 6.45) is 3.92. The average molecular weight is 368 g/mol. The fraction of sp³-hybridized carbons (Fsp3) is 0.857. The van der Waals surface area contributed by atoms with Crippen LogP contribution in [0.15, 0.2) is 11.6 Å². The molecule has 3 atom stereocenters. The lowest BCUT2D eigenvalue weighted by atomic mass is 9.72. The van der Waals surface area contributed by atoms with E-state index >= 15 is 0 Å². The van der Waals surface area contributed by atoms with E-state index in [0.29, 0.717) is 12.5 Å². The number of ether oxygens (including phenoxy) is 2. The van der Waals surface area contributed by atoms with Crippen molar-refractivity contribution >= 4 is 6.09 Å². The highest BCUT2D eigenvalue weighted by Gasteiger charge is 2.49. The van der Waals surface area contributed by atoms with Crippen LogP contribution in [-0.4, -0.2) is 46.2 Å². The average Bonchev–Trinajstić information content (AvgIpc) is 2.79. The summed E-state index contributed by atoms with van der Waals surface area (Å²) >= 11 is 0. The van der Waals surface area contributed by atoms with Crippen LogP contribution in [0.3, 0.4) is 0 Å². The number of rotatable bonds is 2. The zero-order valence-corrected chi connectivity index (χ0v) is 17.8. The van der Waals surface area contributed by atoms with Crippen molar-refractivity contribution in [1.29, 1.82) is 0 Å². The van der Waals surface area contributed by atoms with Crippen LogP contribution in [0.1, 0.15) is 74.7 Å². The number of carbonyl (C=O) groups excluding carboxylic acids is 1. The third-order valence-electron chi connectivity index (χ3n) is 5.52. The number of carbonyl (C=O) groups is 1. The van der Waals surface area contributed by atoms with Gasteiger partial charge in [-0.05, 0) is 70.8 Å². The summed E-state index contributed by atoms with van der Waals surface area (Å²) in [5.41, 5.74) is -0.0918. The molecule has 1 heterocycles. The molecule has 1 saturated heterocycles. The largest absolute Gasteiger partial charge is 0.444 e. The third-order valence-corrected chi connectivity index (χ3v) is 5.52. The van der Waals surface area contributed by atoms with Crippen LogP contribution in [0, 0.1) is 11.3 Å². The number of allylic oxidation sites excluding steroid dienone is 1. The molecule has 1 unspecified atom stereocenters. The van der Waals surface area contributed by atoms with Gasteiger partial charge in [-0.2, -0.15) is 0 Å². The van der Waals surface area contributed by atoms with E-state index in [4.69, 9.17) is 9.47 Å². The molecule has 1 aliphatic carbocycles. The van der Waals surface area contributed by atoms with Crippen molar-refractivity contribution in [2.75, 3.05) is 6.61 Å².